The molecule has 0 saturated carbocycles. The van der Waals surface area contributed by atoms with Gasteiger partial charge in [-0.05, 0) is 0 Å². The fourth-order valence-electron chi connectivity index (χ4n) is 0.696. The van der Waals surface area contributed by atoms with E-state index >= 15 is 0 Å². The molecule has 0 fully saturated rings. The van der Waals surface area contributed by atoms with Gasteiger partial charge in [-0.3, -0.25) is 0 Å². The Morgan fingerprint density at radius 2 is 2.25 bits per heavy atom. The molecule has 0 aliphatic carbocycles. The molecule has 1 aromatic rings. The second-order valence-corrected chi connectivity index (χ2v) is 2.90. The van der Waals surface area contributed by atoms with Gasteiger partial charge < -0.3 is 4.74 Å². The number of aromatic nitrogens is 1. The van der Waals surface area contributed by atoms with Crippen LogP contribution in [-0.2, 0) is 0 Å². The summed E-state index contributed by atoms with van der Waals surface area (Å²) in [4.78, 5) is 3.65. The lowest BCUT2D eigenvalue weighted by Gasteiger charge is -2.03. The highest BCUT2D eigenvalue weighted by Crippen LogP contribution is 2.28. The molecule has 0 spiro atoms. The van der Waals surface area contributed by atoms with E-state index in [-0.39, 0.29) is 5.56 Å². The highest BCUT2D eigenvalue weighted by atomic mass is 79.9. The minimum atomic E-state index is -2.52. The van der Waals surface area contributed by atoms with Crippen molar-refractivity contribution in [1.82, 2.24) is 4.98 Å². The number of nitrogens with zero attached hydrogens (tertiary/aromatic N) is 1. The van der Waals surface area contributed by atoms with Crippen LogP contribution in [-0.4, -0.2) is 12.1 Å². The maximum absolute atomic E-state index is 12.2. The molecule has 0 aliphatic heterocycles. The summed E-state index contributed by atoms with van der Waals surface area (Å²) < 4.78 is 29.4. The first kappa shape index (κ1) is 9.38. The maximum Gasteiger partial charge on any atom is 0.266 e. The Labute approximate surface area is 76.7 Å². The van der Waals surface area contributed by atoms with Crippen LogP contribution in [0.4, 0.5) is 8.78 Å². The van der Waals surface area contributed by atoms with E-state index in [0.717, 1.165) is 6.20 Å². The van der Waals surface area contributed by atoms with Crippen molar-refractivity contribution in [1.29, 1.82) is 0 Å². The van der Waals surface area contributed by atoms with Crippen LogP contribution in [0.5, 0.6) is 5.88 Å². The van der Waals surface area contributed by atoms with Gasteiger partial charge >= 0.3 is 0 Å². The smallest absolute Gasteiger partial charge is 0.266 e. The first-order valence-corrected chi connectivity index (χ1v) is 3.92. The first-order chi connectivity index (χ1) is 5.65. The molecule has 66 valence electrons. The topological polar surface area (TPSA) is 22.1 Å². The lowest BCUT2D eigenvalue weighted by atomic mass is 10.3. The normalized spacial score (nSPS) is 10.4. The molecule has 0 atom stereocenters. The Hall–Kier alpha value is -0.710. The van der Waals surface area contributed by atoms with Crippen molar-refractivity contribution in [2.45, 2.75) is 6.43 Å². The Balaban J connectivity index is 3.03. The van der Waals surface area contributed by atoms with Crippen molar-refractivity contribution in [2.75, 3.05) is 7.11 Å². The maximum atomic E-state index is 12.2. The molecule has 0 aromatic carbocycles. The van der Waals surface area contributed by atoms with Gasteiger partial charge in [0.2, 0.25) is 5.88 Å². The van der Waals surface area contributed by atoms with E-state index in [1.165, 1.54) is 13.2 Å². The Kier molecular flexibility index (Phi) is 2.97. The van der Waals surface area contributed by atoms with Gasteiger partial charge in [0.15, 0.2) is 0 Å². The van der Waals surface area contributed by atoms with Crippen molar-refractivity contribution in [3.05, 3.63) is 22.3 Å². The van der Waals surface area contributed by atoms with Gasteiger partial charge in [0.25, 0.3) is 6.43 Å². The van der Waals surface area contributed by atoms with Gasteiger partial charge in [-0.25, -0.2) is 13.8 Å². The highest BCUT2D eigenvalue weighted by molar-refractivity contribution is 9.10. The average Bonchev–Trinajstić information content (AvgIpc) is 2.03. The van der Waals surface area contributed by atoms with Crippen molar-refractivity contribution in [3.8, 4) is 5.88 Å². The molecule has 0 amide bonds. The molecule has 1 rings (SSSR count). The molecule has 1 aromatic heterocycles. The Bertz CT molecular complexity index is 280. The van der Waals surface area contributed by atoms with Crippen molar-refractivity contribution in [3.63, 3.8) is 0 Å². The number of hydrogen-bond acceptors (Lipinski definition) is 2. The molecule has 12 heavy (non-hydrogen) atoms. The number of hydrogen-bond donors (Lipinski definition) is 0. The zero-order valence-corrected chi connectivity index (χ0v) is 7.81. The summed E-state index contributed by atoms with van der Waals surface area (Å²) in [6.45, 7) is 0. The van der Waals surface area contributed by atoms with E-state index in [9.17, 15) is 8.78 Å². The van der Waals surface area contributed by atoms with Crippen LogP contribution in [0, 0.1) is 0 Å². The van der Waals surface area contributed by atoms with Crippen LogP contribution in [0.25, 0.3) is 0 Å². The summed E-state index contributed by atoms with van der Waals surface area (Å²) in [5.41, 5.74) is -0.129. The highest BCUT2D eigenvalue weighted by Gasteiger charge is 2.12. The molecule has 1 heterocycles. The van der Waals surface area contributed by atoms with E-state index in [1.807, 2.05) is 0 Å². The zero-order valence-electron chi connectivity index (χ0n) is 6.22. The zero-order chi connectivity index (χ0) is 9.14. The number of methoxy groups -OCH3 is 1. The van der Waals surface area contributed by atoms with Crippen LogP contribution in [0.2, 0.25) is 0 Å². The average molecular weight is 238 g/mol. The second kappa shape index (κ2) is 3.80. The molecule has 0 unspecified atom stereocenters. The summed E-state index contributed by atoms with van der Waals surface area (Å²) in [6, 6.07) is 1.40. The van der Waals surface area contributed by atoms with Crippen LogP contribution in [0.3, 0.4) is 0 Å². The summed E-state index contributed by atoms with van der Waals surface area (Å²) >= 11 is 2.99. The van der Waals surface area contributed by atoms with E-state index < -0.39 is 6.43 Å². The predicted octanol–water partition coefficient (Wildman–Crippen LogP) is 2.79. The van der Waals surface area contributed by atoms with E-state index in [0.29, 0.717) is 10.4 Å². The molecule has 0 N–H and O–H groups in total. The molecule has 0 bridgehead atoms. The van der Waals surface area contributed by atoms with Gasteiger partial charge in [0.05, 0.1) is 12.7 Å². The number of halogens is 3. The number of alkyl halides is 2. The van der Waals surface area contributed by atoms with Gasteiger partial charge in [0.1, 0.15) is 0 Å². The fraction of sp³-hybridized carbons (Fsp3) is 0.286. The minimum absolute atomic E-state index is 0.129. The summed E-state index contributed by atoms with van der Waals surface area (Å²) in [5, 5.41) is 0. The minimum Gasteiger partial charge on any atom is -0.481 e. The number of pyridine rings is 1. The fourth-order valence-corrected chi connectivity index (χ4v) is 1.17. The number of rotatable bonds is 2. The lowest BCUT2D eigenvalue weighted by molar-refractivity contribution is 0.150. The predicted molar refractivity (Wildman–Crippen MR) is 43.4 cm³/mol. The SMILES string of the molecule is COc1cc(Br)c(C(F)F)cn1. The van der Waals surface area contributed by atoms with Crippen LogP contribution in [0.1, 0.15) is 12.0 Å². The van der Waals surface area contributed by atoms with Crippen LogP contribution < -0.4 is 4.74 Å². The van der Waals surface area contributed by atoms with E-state index in [2.05, 4.69) is 20.9 Å². The van der Waals surface area contributed by atoms with Crippen LogP contribution in [0.15, 0.2) is 16.7 Å². The quantitative estimate of drug-likeness (QED) is 0.790. The summed E-state index contributed by atoms with van der Waals surface area (Å²) in [5.74, 6) is 0.311. The van der Waals surface area contributed by atoms with Gasteiger partial charge in [-0.1, -0.05) is 15.9 Å². The van der Waals surface area contributed by atoms with Crippen LogP contribution >= 0.6 is 15.9 Å². The third-order valence-electron chi connectivity index (χ3n) is 1.30. The summed E-state index contributed by atoms with van der Waals surface area (Å²) in [7, 11) is 1.43. The third kappa shape index (κ3) is 1.91. The van der Waals surface area contributed by atoms with E-state index in [4.69, 9.17) is 4.74 Å². The Morgan fingerprint density at radius 1 is 1.58 bits per heavy atom. The number of ether oxygens (including phenoxy) is 1. The summed E-state index contributed by atoms with van der Waals surface area (Å²) in [6.07, 6.45) is -1.43. The van der Waals surface area contributed by atoms with Crippen molar-refractivity contribution >= 4 is 15.9 Å². The molecule has 5 heteroatoms. The Morgan fingerprint density at radius 3 is 2.67 bits per heavy atom. The lowest BCUT2D eigenvalue weighted by Crippen LogP contribution is -1.92. The van der Waals surface area contributed by atoms with Crippen molar-refractivity contribution < 1.29 is 13.5 Å². The molecular formula is C7H6BrF2NO. The van der Waals surface area contributed by atoms with Gasteiger partial charge in [-0.15, -0.1) is 0 Å². The molecule has 2 nitrogen and oxygen atoms in total. The third-order valence-corrected chi connectivity index (χ3v) is 1.99. The monoisotopic (exact) mass is 237 g/mol. The van der Waals surface area contributed by atoms with Gasteiger partial charge in [0, 0.05) is 16.7 Å². The molecular weight excluding hydrogens is 232 g/mol. The van der Waals surface area contributed by atoms with Gasteiger partial charge in [-0.2, -0.15) is 0 Å². The molecule has 0 radical (unpaired) electrons. The first-order valence-electron chi connectivity index (χ1n) is 3.12. The van der Waals surface area contributed by atoms with Crippen molar-refractivity contribution in [2.24, 2.45) is 0 Å². The standard InChI is InChI=1S/C7H6BrF2NO/c1-12-6-2-5(8)4(3-11-6)7(9)10/h2-3,7H,1H3. The molecule has 0 aliphatic rings. The van der Waals surface area contributed by atoms with E-state index in [1.54, 1.807) is 0 Å². The second-order valence-electron chi connectivity index (χ2n) is 2.05. The molecule has 0 saturated heterocycles. The largest absolute Gasteiger partial charge is 0.481 e.